The molecule has 0 atom stereocenters. The second-order valence-corrected chi connectivity index (χ2v) is 8.24. The lowest BCUT2D eigenvalue weighted by Crippen LogP contribution is -2.59. The molecule has 0 bridgehead atoms. The first-order valence-corrected chi connectivity index (χ1v) is 8.22. The number of rotatable bonds is 1. The fraction of sp³-hybridized carbons (Fsp3) is 0.562. The van der Waals surface area contributed by atoms with Crippen LogP contribution in [0.15, 0.2) is 16.9 Å². The van der Waals surface area contributed by atoms with E-state index in [4.69, 9.17) is 0 Å². The SMILES string of the molecule is Cc1c(Br)cncc1N1C(=O)NC2(CC(C(C)(C)C)C2)C1=O. The molecule has 0 unspecified atom stereocenters. The maximum Gasteiger partial charge on any atom is 0.329 e. The van der Waals surface area contributed by atoms with Crippen molar-refractivity contribution < 1.29 is 9.59 Å². The molecule has 3 amide bonds. The van der Waals surface area contributed by atoms with Crippen LogP contribution in [0.25, 0.3) is 0 Å². The van der Waals surface area contributed by atoms with E-state index in [9.17, 15) is 9.59 Å². The Morgan fingerprint density at radius 3 is 2.55 bits per heavy atom. The lowest BCUT2D eigenvalue weighted by molar-refractivity contribution is -0.128. The van der Waals surface area contributed by atoms with Gasteiger partial charge in [-0.2, -0.15) is 0 Å². The van der Waals surface area contributed by atoms with Crippen LogP contribution in [-0.2, 0) is 4.79 Å². The summed E-state index contributed by atoms with van der Waals surface area (Å²) in [5.74, 6) is 0.291. The summed E-state index contributed by atoms with van der Waals surface area (Å²) in [5.41, 5.74) is 0.816. The summed E-state index contributed by atoms with van der Waals surface area (Å²) >= 11 is 3.40. The number of aromatic nitrogens is 1. The van der Waals surface area contributed by atoms with Gasteiger partial charge in [-0.25, -0.2) is 9.69 Å². The van der Waals surface area contributed by atoms with Crippen LogP contribution < -0.4 is 10.2 Å². The number of urea groups is 1. The van der Waals surface area contributed by atoms with E-state index in [1.807, 2.05) is 6.92 Å². The zero-order valence-corrected chi connectivity index (χ0v) is 14.8. The van der Waals surface area contributed by atoms with Gasteiger partial charge in [0, 0.05) is 10.7 Å². The number of hydrogen-bond acceptors (Lipinski definition) is 3. The summed E-state index contributed by atoms with van der Waals surface area (Å²) in [4.78, 5) is 30.5. The third-order valence-electron chi connectivity index (χ3n) is 4.94. The molecule has 5 nitrogen and oxygen atoms in total. The van der Waals surface area contributed by atoms with Crippen molar-refractivity contribution in [2.45, 2.75) is 46.1 Å². The normalized spacial score (nSPS) is 28.0. The van der Waals surface area contributed by atoms with Gasteiger partial charge in [0.2, 0.25) is 0 Å². The second kappa shape index (κ2) is 4.78. The van der Waals surface area contributed by atoms with Crippen molar-refractivity contribution in [2.75, 3.05) is 4.90 Å². The molecular weight excluding hydrogens is 346 g/mol. The van der Waals surface area contributed by atoms with E-state index < -0.39 is 5.54 Å². The molecule has 1 aromatic heterocycles. The minimum Gasteiger partial charge on any atom is -0.323 e. The minimum atomic E-state index is -0.718. The Hall–Kier alpha value is -1.43. The van der Waals surface area contributed by atoms with Crippen molar-refractivity contribution in [3.8, 4) is 0 Å². The molecule has 2 aliphatic rings. The number of pyridine rings is 1. The molecule has 2 fully saturated rings. The third-order valence-corrected chi connectivity index (χ3v) is 5.74. The van der Waals surface area contributed by atoms with E-state index in [0.717, 1.165) is 10.0 Å². The number of nitrogens with zero attached hydrogens (tertiary/aromatic N) is 2. The second-order valence-electron chi connectivity index (χ2n) is 7.39. The molecule has 1 N–H and O–H groups in total. The van der Waals surface area contributed by atoms with Crippen molar-refractivity contribution in [1.29, 1.82) is 0 Å². The Labute approximate surface area is 138 Å². The first-order valence-electron chi connectivity index (χ1n) is 7.42. The Kier molecular flexibility index (Phi) is 3.36. The van der Waals surface area contributed by atoms with Gasteiger partial charge >= 0.3 is 6.03 Å². The highest BCUT2D eigenvalue weighted by atomic mass is 79.9. The van der Waals surface area contributed by atoms with Gasteiger partial charge in [-0.15, -0.1) is 0 Å². The molecule has 3 rings (SSSR count). The van der Waals surface area contributed by atoms with Crippen LogP contribution in [0.2, 0.25) is 0 Å². The predicted octanol–water partition coefficient (Wildman–Crippen LogP) is 3.40. The number of carbonyl (C=O) groups excluding carboxylic acids is 2. The molecule has 2 heterocycles. The predicted molar refractivity (Wildman–Crippen MR) is 87.6 cm³/mol. The molecule has 0 aromatic carbocycles. The average molecular weight is 366 g/mol. The fourth-order valence-corrected chi connectivity index (χ4v) is 3.55. The summed E-state index contributed by atoms with van der Waals surface area (Å²) in [6, 6.07) is -0.347. The summed E-state index contributed by atoms with van der Waals surface area (Å²) < 4.78 is 0.785. The van der Waals surface area contributed by atoms with Gasteiger partial charge in [0.25, 0.3) is 5.91 Å². The highest BCUT2D eigenvalue weighted by Crippen LogP contribution is 2.50. The van der Waals surface area contributed by atoms with E-state index in [1.165, 1.54) is 4.90 Å². The van der Waals surface area contributed by atoms with Gasteiger partial charge in [-0.05, 0) is 52.6 Å². The molecule has 6 heteroatoms. The van der Waals surface area contributed by atoms with Crippen LogP contribution in [-0.4, -0.2) is 22.5 Å². The lowest BCUT2D eigenvalue weighted by Gasteiger charge is -2.48. The van der Waals surface area contributed by atoms with E-state index in [2.05, 4.69) is 47.0 Å². The monoisotopic (exact) mass is 365 g/mol. The molecule has 1 aromatic rings. The zero-order chi connectivity index (χ0) is 16.3. The van der Waals surface area contributed by atoms with Gasteiger partial charge in [-0.1, -0.05) is 20.8 Å². The van der Waals surface area contributed by atoms with Crippen LogP contribution >= 0.6 is 15.9 Å². The summed E-state index contributed by atoms with van der Waals surface area (Å²) in [6.07, 6.45) is 4.64. The van der Waals surface area contributed by atoms with Crippen molar-refractivity contribution in [3.05, 3.63) is 22.4 Å². The maximum absolute atomic E-state index is 12.9. The smallest absolute Gasteiger partial charge is 0.323 e. The van der Waals surface area contributed by atoms with Crippen molar-refractivity contribution in [3.63, 3.8) is 0 Å². The first kappa shape index (κ1) is 15.5. The number of anilines is 1. The minimum absolute atomic E-state index is 0.150. The first-order chi connectivity index (χ1) is 10.2. The molecule has 0 radical (unpaired) electrons. The highest BCUT2D eigenvalue weighted by molar-refractivity contribution is 9.10. The van der Waals surface area contributed by atoms with Crippen molar-refractivity contribution in [2.24, 2.45) is 11.3 Å². The zero-order valence-electron chi connectivity index (χ0n) is 13.2. The Bertz CT molecular complexity index is 660. The van der Waals surface area contributed by atoms with Gasteiger partial charge in [0.05, 0.1) is 11.9 Å². The number of hydrogen-bond donors (Lipinski definition) is 1. The van der Waals surface area contributed by atoms with Crippen LogP contribution in [0, 0.1) is 18.3 Å². The van der Waals surface area contributed by atoms with E-state index in [-0.39, 0.29) is 17.4 Å². The Morgan fingerprint density at radius 1 is 1.32 bits per heavy atom. The van der Waals surface area contributed by atoms with Crippen LogP contribution in [0.5, 0.6) is 0 Å². The topological polar surface area (TPSA) is 62.3 Å². The third kappa shape index (κ3) is 2.16. The van der Waals surface area contributed by atoms with Gasteiger partial charge in [0.15, 0.2) is 0 Å². The summed E-state index contributed by atoms with van der Waals surface area (Å²) in [5, 5.41) is 2.91. The fourth-order valence-electron chi connectivity index (χ4n) is 3.22. The molecule has 1 saturated carbocycles. The molecule has 1 aliphatic carbocycles. The standard InChI is InChI=1S/C16H20BrN3O2/c1-9-11(17)7-18-8-12(9)20-13(21)16(19-14(20)22)5-10(6-16)15(2,3)4/h7-8,10H,5-6H2,1-4H3,(H,19,22). The van der Waals surface area contributed by atoms with Crippen molar-refractivity contribution >= 4 is 33.6 Å². The summed E-state index contributed by atoms with van der Waals surface area (Å²) in [7, 11) is 0. The Morgan fingerprint density at radius 2 is 1.95 bits per heavy atom. The van der Waals surface area contributed by atoms with Crippen LogP contribution in [0.1, 0.15) is 39.2 Å². The molecule has 1 spiro atoms. The van der Waals surface area contributed by atoms with Gasteiger partial charge < -0.3 is 5.32 Å². The lowest BCUT2D eigenvalue weighted by atomic mass is 9.59. The van der Waals surface area contributed by atoms with E-state index in [1.54, 1.807) is 12.4 Å². The summed E-state index contributed by atoms with van der Waals surface area (Å²) in [6.45, 7) is 8.38. The Balaban J connectivity index is 1.89. The molecular formula is C16H20BrN3O2. The number of imide groups is 1. The number of nitrogens with one attached hydrogen (secondary N) is 1. The maximum atomic E-state index is 12.9. The number of halogens is 1. The molecule has 118 valence electrons. The van der Waals surface area contributed by atoms with Gasteiger partial charge in [-0.3, -0.25) is 9.78 Å². The van der Waals surface area contributed by atoms with E-state index in [0.29, 0.717) is 24.4 Å². The highest BCUT2D eigenvalue weighted by Gasteiger charge is 2.61. The number of amides is 3. The van der Waals surface area contributed by atoms with Crippen molar-refractivity contribution in [1.82, 2.24) is 10.3 Å². The van der Waals surface area contributed by atoms with E-state index >= 15 is 0 Å². The average Bonchev–Trinajstić information content (AvgIpc) is 2.62. The molecule has 22 heavy (non-hydrogen) atoms. The van der Waals surface area contributed by atoms with Crippen LogP contribution in [0.4, 0.5) is 10.5 Å². The van der Waals surface area contributed by atoms with Gasteiger partial charge in [0.1, 0.15) is 5.54 Å². The largest absolute Gasteiger partial charge is 0.329 e. The molecule has 1 aliphatic heterocycles. The van der Waals surface area contributed by atoms with Crippen LogP contribution in [0.3, 0.4) is 0 Å². The quantitative estimate of drug-likeness (QED) is 0.775. The number of carbonyl (C=O) groups is 2. The molecule has 1 saturated heterocycles.